The molecule has 0 spiro atoms. The molecule has 0 radical (unpaired) electrons. The van der Waals surface area contributed by atoms with Crippen LogP contribution in [0.1, 0.15) is 6.92 Å². The highest BCUT2D eigenvalue weighted by Gasteiger charge is 2.17. The highest BCUT2D eigenvalue weighted by atomic mass is 35.5. The maximum absolute atomic E-state index is 12.1. The van der Waals surface area contributed by atoms with E-state index < -0.39 is 0 Å². The molecule has 0 saturated carbocycles. The van der Waals surface area contributed by atoms with Crippen molar-refractivity contribution >= 4 is 46.6 Å². The minimum atomic E-state index is -0.354. The number of hydrogen-bond donors (Lipinski definition) is 1. The van der Waals surface area contributed by atoms with Crippen molar-refractivity contribution in [3.63, 3.8) is 0 Å². The predicted octanol–water partition coefficient (Wildman–Crippen LogP) is 3.90. The number of anilines is 1. The number of benzene rings is 1. The van der Waals surface area contributed by atoms with Crippen molar-refractivity contribution in [3.8, 4) is 0 Å². The minimum Gasteiger partial charge on any atom is -0.324 e. The Hall–Kier alpha value is -1.30. The van der Waals surface area contributed by atoms with Gasteiger partial charge in [0.15, 0.2) is 5.16 Å². The van der Waals surface area contributed by atoms with Gasteiger partial charge in [0.25, 0.3) is 0 Å². The molecule has 0 aliphatic carbocycles. The number of carbonyl (C=O) groups is 1. The van der Waals surface area contributed by atoms with Crippen LogP contribution in [0.15, 0.2) is 41.8 Å². The maximum atomic E-state index is 12.1. The monoisotopic (exact) mass is 327 g/mol. The summed E-state index contributed by atoms with van der Waals surface area (Å²) in [5, 5.41) is 3.88. The summed E-state index contributed by atoms with van der Waals surface area (Å²) in [7, 11) is 0. The zero-order valence-electron chi connectivity index (χ0n) is 10.5. The van der Waals surface area contributed by atoms with Gasteiger partial charge in [-0.3, -0.25) is 4.79 Å². The Bertz CT molecular complexity index is 610. The second-order valence-electron chi connectivity index (χ2n) is 3.90. The van der Waals surface area contributed by atoms with Gasteiger partial charge in [0.2, 0.25) is 5.91 Å². The van der Waals surface area contributed by atoms with Gasteiger partial charge in [0.1, 0.15) is 0 Å². The van der Waals surface area contributed by atoms with Gasteiger partial charge in [-0.1, -0.05) is 35.0 Å². The predicted molar refractivity (Wildman–Crippen MR) is 82.4 cm³/mol. The fourth-order valence-corrected chi connectivity index (χ4v) is 2.45. The van der Waals surface area contributed by atoms with Gasteiger partial charge >= 0.3 is 0 Å². The lowest BCUT2D eigenvalue weighted by molar-refractivity contribution is -0.115. The molecule has 1 amide bonds. The number of amides is 1. The lowest BCUT2D eigenvalue weighted by Gasteiger charge is -2.12. The van der Waals surface area contributed by atoms with E-state index in [0.717, 1.165) is 0 Å². The largest absolute Gasteiger partial charge is 0.324 e. The molecule has 0 aliphatic heterocycles. The second kappa shape index (κ2) is 6.92. The minimum absolute atomic E-state index is 0.188. The molecule has 20 heavy (non-hydrogen) atoms. The summed E-state index contributed by atoms with van der Waals surface area (Å²) in [6.45, 7) is 1.77. The topological polar surface area (TPSA) is 54.9 Å². The molecule has 1 atom stereocenters. The number of carbonyl (C=O) groups excluding carboxylic acids is 1. The van der Waals surface area contributed by atoms with E-state index >= 15 is 0 Å². The van der Waals surface area contributed by atoms with Crippen LogP contribution >= 0.6 is 35.0 Å². The van der Waals surface area contributed by atoms with Crippen LogP contribution in [0.4, 0.5) is 5.69 Å². The Kier molecular flexibility index (Phi) is 5.23. The molecule has 2 aromatic rings. The first-order chi connectivity index (χ1) is 9.56. The van der Waals surface area contributed by atoms with Crippen molar-refractivity contribution in [1.82, 2.24) is 9.97 Å². The summed E-state index contributed by atoms with van der Waals surface area (Å²) >= 11 is 13.1. The molecular formula is C13H11Cl2N3OS. The van der Waals surface area contributed by atoms with Crippen LogP contribution in [0.3, 0.4) is 0 Å². The second-order valence-corrected chi connectivity index (χ2v) is 6.06. The lowest BCUT2D eigenvalue weighted by Crippen LogP contribution is -2.22. The van der Waals surface area contributed by atoms with Gasteiger partial charge in [0.05, 0.1) is 16.0 Å². The maximum Gasteiger partial charge on any atom is 0.237 e. The highest BCUT2D eigenvalue weighted by Crippen LogP contribution is 2.27. The van der Waals surface area contributed by atoms with E-state index in [-0.39, 0.29) is 11.2 Å². The molecule has 4 nitrogen and oxygen atoms in total. The van der Waals surface area contributed by atoms with Crippen LogP contribution < -0.4 is 5.32 Å². The third kappa shape index (κ3) is 4.10. The molecule has 1 heterocycles. The van der Waals surface area contributed by atoms with E-state index in [0.29, 0.717) is 20.9 Å². The summed E-state index contributed by atoms with van der Waals surface area (Å²) in [4.78, 5) is 20.2. The van der Waals surface area contributed by atoms with Gasteiger partial charge in [0, 0.05) is 17.4 Å². The Morgan fingerprint density at radius 1 is 1.30 bits per heavy atom. The third-order valence-corrected chi connectivity index (χ3v) is 3.93. The van der Waals surface area contributed by atoms with Crippen LogP contribution in [0.5, 0.6) is 0 Å². The molecule has 1 aromatic carbocycles. The fraction of sp³-hybridized carbons (Fsp3) is 0.154. The van der Waals surface area contributed by atoms with Crippen molar-refractivity contribution in [1.29, 1.82) is 0 Å². The van der Waals surface area contributed by atoms with Crippen molar-refractivity contribution in [2.24, 2.45) is 0 Å². The Morgan fingerprint density at radius 2 is 2.00 bits per heavy atom. The number of hydrogen-bond acceptors (Lipinski definition) is 4. The van der Waals surface area contributed by atoms with Crippen LogP contribution in [0.2, 0.25) is 10.0 Å². The Balaban J connectivity index is 2.02. The van der Waals surface area contributed by atoms with Crippen molar-refractivity contribution in [3.05, 3.63) is 46.7 Å². The highest BCUT2D eigenvalue weighted by molar-refractivity contribution is 8.00. The standard InChI is InChI=1S/C13H11Cl2N3OS/c1-8(20-13-16-5-2-6-17-13)12(19)18-11-7-9(14)3-4-10(11)15/h2-8H,1H3,(H,18,19)/t8-/m0/s1. The van der Waals surface area contributed by atoms with E-state index in [1.54, 1.807) is 43.6 Å². The molecule has 0 bridgehead atoms. The fourth-order valence-electron chi connectivity index (χ4n) is 1.39. The lowest BCUT2D eigenvalue weighted by atomic mass is 10.3. The summed E-state index contributed by atoms with van der Waals surface area (Å²) < 4.78 is 0. The van der Waals surface area contributed by atoms with Crippen LogP contribution in [-0.2, 0) is 4.79 Å². The molecule has 7 heteroatoms. The number of nitrogens with one attached hydrogen (secondary N) is 1. The molecule has 0 unspecified atom stereocenters. The molecule has 0 aliphatic rings. The van der Waals surface area contributed by atoms with E-state index in [1.807, 2.05) is 0 Å². The quantitative estimate of drug-likeness (QED) is 0.683. The average Bonchev–Trinajstić information content (AvgIpc) is 2.44. The molecule has 0 fully saturated rings. The normalized spacial score (nSPS) is 11.9. The van der Waals surface area contributed by atoms with E-state index in [2.05, 4.69) is 15.3 Å². The van der Waals surface area contributed by atoms with Gasteiger partial charge in [-0.15, -0.1) is 0 Å². The van der Waals surface area contributed by atoms with Gasteiger partial charge in [-0.05, 0) is 31.2 Å². The number of thioether (sulfide) groups is 1. The molecule has 1 N–H and O–H groups in total. The first kappa shape index (κ1) is 15.1. The first-order valence-electron chi connectivity index (χ1n) is 5.76. The van der Waals surface area contributed by atoms with Gasteiger partial charge in [-0.2, -0.15) is 0 Å². The van der Waals surface area contributed by atoms with E-state index in [9.17, 15) is 4.79 Å². The third-order valence-electron chi connectivity index (χ3n) is 2.38. The summed E-state index contributed by atoms with van der Waals surface area (Å²) in [5.74, 6) is -0.188. The summed E-state index contributed by atoms with van der Waals surface area (Å²) in [6, 6.07) is 6.63. The van der Waals surface area contributed by atoms with Crippen LogP contribution in [-0.4, -0.2) is 21.1 Å². The Morgan fingerprint density at radius 3 is 2.70 bits per heavy atom. The van der Waals surface area contributed by atoms with Gasteiger partial charge < -0.3 is 5.32 Å². The smallest absolute Gasteiger partial charge is 0.237 e. The zero-order valence-corrected chi connectivity index (χ0v) is 12.8. The summed E-state index contributed by atoms with van der Waals surface area (Å²) in [5.41, 5.74) is 0.491. The summed E-state index contributed by atoms with van der Waals surface area (Å²) in [6.07, 6.45) is 3.27. The van der Waals surface area contributed by atoms with Crippen LogP contribution in [0.25, 0.3) is 0 Å². The van der Waals surface area contributed by atoms with Crippen molar-refractivity contribution in [2.75, 3.05) is 5.32 Å². The van der Waals surface area contributed by atoms with Crippen LogP contribution in [0, 0.1) is 0 Å². The number of nitrogens with zero attached hydrogens (tertiary/aromatic N) is 2. The molecule has 2 rings (SSSR count). The molecule has 104 valence electrons. The number of aromatic nitrogens is 2. The average molecular weight is 328 g/mol. The van der Waals surface area contributed by atoms with Gasteiger partial charge in [-0.25, -0.2) is 9.97 Å². The van der Waals surface area contributed by atoms with Crippen molar-refractivity contribution in [2.45, 2.75) is 17.3 Å². The zero-order chi connectivity index (χ0) is 14.5. The number of rotatable bonds is 4. The van der Waals surface area contributed by atoms with Crippen molar-refractivity contribution < 1.29 is 4.79 Å². The molecule has 1 aromatic heterocycles. The van der Waals surface area contributed by atoms with E-state index in [4.69, 9.17) is 23.2 Å². The first-order valence-corrected chi connectivity index (χ1v) is 7.39. The number of halogens is 2. The van der Waals surface area contributed by atoms with E-state index in [1.165, 1.54) is 11.8 Å². The molecule has 0 saturated heterocycles. The Labute approximate surface area is 130 Å². The SMILES string of the molecule is C[C@H](Sc1ncccn1)C(=O)Nc1cc(Cl)ccc1Cl. The molecular weight excluding hydrogens is 317 g/mol.